The molecule has 2 N–H and O–H groups in total. The summed E-state index contributed by atoms with van der Waals surface area (Å²) in [6, 6.07) is 10.9. The molecule has 9 nitrogen and oxygen atoms in total. The van der Waals surface area contributed by atoms with E-state index in [0.717, 1.165) is 49.7 Å². The van der Waals surface area contributed by atoms with Crippen molar-refractivity contribution in [2.45, 2.75) is 13.5 Å². The van der Waals surface area contributed by atoms with Gasteiger partial charge in [0.25, 0.3) is 0 Å². The summed E-state index contributed by atoms with van der Waals surface area (Å²) in [6.45, 7) is 6.03. The molecule has 0 spiro atoms. The molecule has 3 aromatic heterocycles. The lowest BCUT2D eigenvalue weighted by molar-refractivity contribution is 0.0336. The lowest BCUT2D eigenvalue weighted by atomic mass is 10.0. The van der Waals surface area contributed by atoms with E-state index in [2.05, 4.69) is 30.2 Å². The van der Waals surface area contributed by atoms with Crippen molar-refractivity contribution in [2.24, 2.45) is 0 Å². The van der Waals surface area contributed by atoms with E-state index in [4.69, 9.17) is 9.47 Å². The Morgan fingerprint density at radius 3 is 2.71 bits per heavy atom. The van der Waals surface area contributed by atoms with E-state index < -0.39 is 11.9 Å². The van der Waals surface area contributed by atoms with Crippen molar-refractivity contribution in [3.63, 3.8) is 0 Å². The number of rotatable bonds is 6. The number of pyridine rings is 2. The largest absolute Gasteiger partial charge is 0.450 e. The van der Waals surface area contributed by atoms with Gasteiger partial charge in [0.15, 0.2) is 0 Å². The number of benzene rings is 1. The molecule has 0 aliphatic carbocycles. The minimum atomic E-state index is -0.603. The highest BCUT2D eigenvalue weighted by Gasteiger charge is 2.16. The van der Waals surface area contributed by atoms with Gasteiger partial charge >= 0.3 is 6.09 Å². The summed E-state index contributed by atoms with van der Waals surface area (Å²) >= 11 is 0. The molecular formula is C25H25FN6O3. The predicted octanol–water partition coefficient (Wildman–Crippen LogP) is 4.23. The Labute approximate surface area is 201 Å². The standard InChI is InChI=1S/C25H25FN6O3/c1-2-35-25(33)31-24-29-22-12-17(11-20(23(22)30-24)21-6-4-18(26)14-28-21)16-3-5-19(27-13-16)15-32-7-9-34-10-8-32/h3-6,11-14H,2,7-10,15H2,1H3,(H2,29,30,31,33). The summed E-state index contributed by atoms with van der Waals surface area (Å²) < 4.78 is 23.9. The van der Waals surface area contributed by atoms with Gasteiger partial charge in [0.1, 0.15) is 5.82 Å². The highest BCUT2D eigenvalue weighted by Crippen LogP contribution is 2.33. The fourth-order valence-electron chi connectivity index (χ4n) is 4.01. The summed E-state index contributed by atoms with van der Waals surface area (Å²) in [5.41, 5.74) is 5.32. The molecule has 0 radical (unpaired) electrons. The first-order valence-corrected chi connectivity index (χ1v) is 11.4. The molecule has 0 unspecified atom stereocenters. The van der Waals surface area contributed by atoms with Gasteiger partial charge in [0.2, 0.25) is 5.95 Å². The smallest absolute Gasteiger partial charge is 0.413 e. The van der Waals surface area contributed by atoms with E-state index in [9.17, 15) is 9.18 Å². The topological polar surface area (TPSA) is 105 Å². The molecule has 5 rings (SSSR count). The molecular weight excluding hydrogens is 451 g/mol. The third-order valence-electron chi connectivity index (χ3n) is 5.73. The van der Waals surface area contributed by atoms with Crippen molar-refractivity contribution < 1.29 is 18.7 Å². The summed E-state index contributed by atoms with van der Waals surface area (Å²) in [4.78, 5) is 30.7. The average Bonchev–Trinajstić information content (AvgIpc) is 3.27. The average molecular weight is 477 g/mol. The zero-order valence-electron chi connectivity index (χ0n) is 19.3. The zero-order chi connectivity index (χ0) is 24.2. The predicted molar refractivity (Wildman–Crippen MR) is 129 cm³/mol. The number of H-pyrrole nitrogens is 1. The van der Waals surface area contributed by atoms with Crippen LogP contribution in [0, 0.1) is 5.82 Å². The van der Waals surface area contributed by atoms with Gasteiger partial charge in [-0.3, -0.25) is 20.2 Å². The van der Waals surface area contributed by atoms with E-state index in [-0.39, 0.29) is 12.6 Å². The van der Waals surface area contributed by atoms with Crippen LogP contribution in [-0.4, -0.2) is 63.8 Å². The van der Waals surface area contributed by atoms with Gasteiger partial charge in [-0.1, -0.05) is 6.07 Å². The maximum Gasteiger partial charge on any atom is 0.413 e. The quantitative estimate of drug-likeness (QED) is 0.429. The molecule has 180 valence electrons. The van der Waals surface area contributed by atoms with Gasteiger partial charge in [-0.2, -0.15) is 0 Å². The van der Waals surface area contributed by atoms with E-state index in [1.54, 1.807) is 13.0 Å². The van der Waals surface area contributed by atoms with Gasteiger partial charge in [-0.15, -0.1) is 0 Å². The molecule has 1 amide bonds. The van der Waals surface area contributed by atoms with Crippen LogP contribution >= 0.6 is 0 Å². The zero-order valence-corrected chi connectivity index (χ0v) is 19.3. The molecule has 35 heavy (non-hydrogen) atoms. The Morgan fingerprint density at radius 2 is 2.00 bits per heavy atom. The van der Waals surface area contributed by atoms with Crippen LogP contribution in [-0.2, 0) is 16.0 Å². The molecule has 1 aliphatic rings. The Balaban J connectivity index is 1.50. The summed E-state index contributed by atoms with van der Waals surface area (Å²) in [5, 5.41) is 2.59. The number of amides is 1. The maximum absolute atomic E-state index is 13.5. The van der Waals surface area contributed by atoms with Gasteiger partial charge in [0, 0.05) is 37.0 Å². The molecule has 10 heteroatoms. The normalized spacial score (nSPS) is 14.2. The molecule has 1 fully saturated rings. The van der Waals surface area contributed by atoms with Crippen molar-refractivity contribution in [1.82, 2.24) is 24.8 Å². The number of aromatic nitrogens is 4. The molecule has 1 saturated heterocycles. The number of aromatic amines is 1. The molecule has 0 saturated carbocycles. The van der Waals surface area contributed by atoms with Crippen LogP contribution in [0.5, 0.6) is 0 Å². The summed E-state index contributed by atoms with van der Waals surface area (Å²) in [6.07, 6.45) is 2.40. The third-order valence-corrected chi connectivity index (χ3v) is 5.73. The van der Waals surface area contributed by atoms with Crippen LogP contribution in [0.4, 0.5) is 15.1 Å². The van der Waals surface area contributed by atoms with Crippen molar-refractivity contribution >= 4 is 23.1 Å². The van der Waals surface area contributed by atoms with Crippen molar-refractivity contribution in [3.05, 3.63) is 60.3 Å². The molecule has 4 aromatic rings. The van der Waals surface area contributed by atoms with E-state index in [1.807, 2.05) is 30.5 Å². The maximum atomic E-state index is 13.5. The van der Waals surface area contributed by atoms with E-state index in [0.29, 0.717) is 22.3 Å². The van der Waals surface area contributed by atoms with Gasteiger partial charge < -0.3 is 14.5 Å². The molecule has 1 aliphatic heterocycles. The Bertz CT molecular complexity index is 1320. The first-order valence-electron chi connectivity index (χ1n) is 11.4. The lowest BCUT2D eigenvalue weighted by Crippen LogP contribution is -2.35. The van der Waals surface area contributed by atoms with Crippen LogP contribution in [0.2, 0.25) is 0 Å². The highest BCUT2D eigenvalue weighted by atomic mass is 19.1. The number of hydrogen-bond acceptors (Lipinski definition) is 7. The second-order valence-electron chi connectivity index (χ2n) is 8.14. The number of carbonyl (C=O) groups is 1. The first-order chi connectivity index (χ1) is 17.1. The fourth-order valence-corrected chi connectivity index (χ4v) is 4.01. The number of anilines is 1. The Morgan fingerprint density at radius 1 is 1.14 bits per heavy atom. The Hall–Kier alpha value is -3.89. The van der Waals surface area contributed by atoms with E-state index >= 15 is 0 Å². The number of nitrogens with zero attached hydrogens (tertiary/aromatic N) is 4. The minimum Gasteiger partial charge on any atom is -0.450 e. The number of ether oxygens (including phenoxy) is 2. The van der Waals surface area contributed by atoms with Crippen LogP contribution in [0.25, 0.3) is 33.4 Å². The molecule has 0 atom stereocenters. The lowest BCUT2D eigenvalue weighted by Gasteiger charge is -2.26. The number of fused-ring (bicyclic) bond motifs is 1. The molecule has 4 heterocycles. The van der Waals surface area contributed by atoms with Crippen molar-refractivity contribution in [1.29, 1.82) is 0 Å². The van der Waals surface area contributed by atoms with Crippen LogP contribution < -0.4 is 5.32 Å². The van der Waals surface area contributed by atoms with Gasteiger partial charge in [-0.05, 0) is 42.8 Å². The van der Waals surface area contributed by atoms with E-state index in [1.165, 1.54) is 12.3 Å². The van der Waals surface area contributed by atoms with Crippen LogP contribution in [0.1, 0.15) is 12.6 Å². The van der Waals surface area contributed by atoms with Gasteiger partial charge in [-0.25, -0.2) is 14.2 Å². The first kappa shape index (κ1) is 22.9. The number of nitrogens with one attached hydrogen (secondary N) is 2. The molecule has 1 aromatic carbocycles. The summed E-state index contributed by atoms with van der Waals surface area (Å²) in [5.74, 6) is -0.175. The number of carbonyl (C=O) groups excluding carboxylic acids is 1. The number of imidazole rings is 1. The van der Waals surface area contributed by atoms with Crippen molar-refractivity contribution in [3.8, 4) is 22.4 Å². The van der Waals surface area contributed by atoms with Gasteiger partial charge in [0.05, 0.1) is 48.4 Å². The Kier molecular flexibility index (Phi) is 6.64. The fraction of sp³-hybridized carbons (Fsp3) is 0.280. The number of hydrogen-bond donors (Lipinski definition) is 2. The number of halogens is 1. The highest BCUT2D eigenvalue weighted by molar-refractivity contribution is 5.97. The van der Waals surface area contributed by atoms with Crippen LogP contribution in [0.15, 0.2) is 48.8 Å². The molecule has 0 bridgehead atoms. The third kappa shape index (κ3) is 5.28. The monoisotopic (exact) mass is 476 g/mol. The second-order valence-corrected chi connectivity index (χ2v) is 8.14. The van der Waals surface area contributed by atoms with Crippen LogP contribution in [0.3, 0.4) is 0 Å². The SMILES string of the molecule is CCOC(=O)Nc1nc2c(-c3ccc(F)cn3)cc(-c3ccc(CN4CCOCC4)nc3)cc2[nH]1. The second kappa shape index (κ2) is 10.2. The summed E-state index contributed by atoms with van der Waals surface area (Å²) in [7, 11) is 0. The van der Waals surface area contributed by atoms with Crippen molar-refractivity contribution in [2.75, 3.05) is 38.2 Å². The minimum absolute atomic E-state index is 0.246. The number of morpholine rings is 1.